The van der Waals surface area contributed by atoms with Crippen LogP contribution in [0.3, 0.4) is 0 Å². The van der Waals surface area contributed by atoms with Crippen LogP contribution in [0, 0.1) is 0 Å². The van der Waals surface area contributed by atoms with Crippen molar-refractivity contribution in [2.45, 2.75) is 38.6 Å². The van der Waals surface area contributed by atoms with Gasteiger partial charge in [-0.1, -0.05) is 37.3 Å². The van der Waals surface area contributed by atoms with Crippen molar-refractivity contribution in [3.63, 3.8) is 0 Å². The molecule has 6 heteroatoms. The smallest absolute Gasteiger partial charge is 0.338 e. The predicted molar refractivity (Wildman–Crippen MR) is 111 cm³/mol. The number of carbonyl (C=O) groups is 2. The molecule has 3 aromatic rings. The number of likely N-dealkylation sites (tertiary alicyclic amines) is 1. The van der Waals surface area contributed by atoms with Crippen molar-refractivity contribution < 1.29 is 14.3 Å². The van der Waals surface area contributed by atoms with Crippen LogP contribution >= 0.6 is 0 Å². The van der Waals surface area contributed by atoms with E-state index in [9.17, 15) is 9.59 Å². The summed E-state index contributed by atoms with van der Waals surface area (Å²) in [6, 6.07) is 15.3. The first kappa shape index (κ1) is 19.2. The minimum Gasteiger partial charge on any atom is -0.452 e. The van der Waals surface area contributed by atoms with Crippen LogP contribution in [0.25, 0.3) is 22.4 Å². The van der Waals surface area contributed by atoms with Gasteiger partial charge in [0.1, 0.15) is 5.82 Å². The number of imidazole rings is 1. The number of fused-ring (bicyclic) bond motifs is 1. The maximum absolute atomic E-state index is 12.5. The van der Waals surface area contributed by atoms with Gasteiger partial charge >= 0.3 is 5.97 Å². The number of ether oxygens (including phenoxy) is 1. The van der Waals surface area contributed by atoms with E-state index >= 15 is 0 Å². The van der Waals surface area contributed by atoms with Crippen molar-refractivity contribution in [1.82, 2.24) is 14.9 Å². The molecule has 29 heavy (non-hydrogen) atoms. The zero-order valence-electron chi connectivity index (χ0n) is 16.6. The molecule has 0 bridgehead atoms. The van der Waals surface area contributed by atoms with Gasteiger partial charge in [0, 0.05) is 18.2 Å². The molecule has 0 aliphatic carbocycles. The molecule has 6 nitrogen and oxygen atoms in total. The molecule has 1 N–H and O–H groups in total. The van der Waals surface area contributed by atoms with Gasteiger partial charge in [-0.15, -0.1) is 0 Å². The van der Waals surface area contributed by atoms with E-state index < -0.39 is 5.97 Å². The lowest BCUT2D eigenvalue weighted by molar-refractivity contribution is -0.138. The molecule has 150 valence electrons. The van der Waals surface area contributed by atoms with Gasteiger partial charge in [-0.25, -0.2) is 9.78 Å². The number of nitrogens with one attached hydrogen (secondary N) is 1. The number of piperidine rings is 1. The maximum Gasteiger partial charge on any atom is 0.338 e. The molecule has 1 aromatic heterocycles. The second-order valence-corrected chi connectivity index (χ2v) is 7.40. The van der Waals surface area contributed by atoms with Crippen LogP contribution in [0.4, 0.5) is 0 Å². The summed E-state index contributed by atoms with van der Waals surface area (Å²) in [5, 5.41) is 0. The number of benzene rings is 2. The highest BCUT2D eigenvalue weighted by Gasteiger charge is 2.26. The summed E-state index contributed by atoms with van der Waals surface area (Å²) in [6.07, 6.45) is 4.12. The van der Waals surface area contributed by atoms with Crippen LogP contribution in [0.2, 0.25) is 0 Å². The Morgan fingerprint density at radius 1 is 1.17 bits per heavy atom. The molecule has 0 spiro atoms. The molecule has 2 heterocycles. The van der Waals surface area contributed by atoms with Crippen molar-refractivity contribution in [2.24, 2.45) is 0 Å². The van der Waals surface area contributed by atoms with Gasteiger partial charge in [-0.2, -0.15) is 0 Å². The van der Waals surface area contributed by atoms with Crippen molar-refractivity contribution in [3.8, 4) is 11.4 Å². The van der Waals surface area contributed by atoms with Gasteiger partial charge in [0.2, 0.25) is 0 Å². The zero-order valence-corrected chi connectivity index (χ0v) is 16.6. The Morgan fingerprint density at radius 2 is 2.00 bits per heavy atom. The Balaban J connectivity index is 1.44. The van der Waals surface area contributed by atoms with Gasteiger partial charge in [0.15, 0.2) is 6.61 Å². The maximum atomic E-state index is 12.5. The number of nitrogens with zero attached hydrogens (tertiary/aromatic N) is 2. The average Bonchev–Trinajstić information content (AvgIpc) is 3.21. The van der Waals surface area contributed by atoms with E-state index in [0.717, 1.165) is 54.6 Å². The molecule has 2 aromatic carbocycles. The van der Waals surface area contributed by atoms with Gasteiger partial charge in [0.25, 0.3) is 5.91 Å². The average molecular weight is 391 g/mol. The SMILES string of the molecule is CCC1CCCCN1C(=O)COC(=O)c1ccc2nc(-c3ccccc3)[nH]c2c1. The number of aromatic nitrogens is 2. The fourth-order valence-electron chi connectivity index (χ4n) is 3.92. The molecule has 0 saturated carbocycles. The highest BCUT2D eigenvalue weighted by atomic mass is 16.5. The van der Waals surface area contributed by atoms with Gasteiger partial charge < -0.3 is 14.6 Å². The lowest BCUT2D eigenvalue weighted by atomic mass is 10.00. The van der Waals surface area contributed by atoms with E-state index in [2.05, 4.69) is 16.9 Å². The minimum absolute atomic E-state index is 0.112. The number of rotatable bonds is 5. The van der Waals surface area contributed by atoms with E-state index in [1.54, 1.807) is 18.2 Å². The minimum atomic E-state index is -0.499. The summed E-state index contributed by atoms with van der Waals surface area (Å²) in [6.45, 7) is 2.62. The fraction of sp³-hybridized carbons (Fsp3) is 0.348. The van der Waals surface area contributed by atoms with Gasteiger partial charge in [0.05, 0.1) is 16.6 Å². The predicted octanol–water partition coefficient (Wildman–Crippen LogP) is 4.18. The van der Waals surface area contributed by atoms with Crippen molar-refractivity contribution in [3.05, 3.63) is 54.1 Å². The number of amides is 1. The van der Waals surface area contributed by atoms with Gasteiger partial charge in [-0.05, 0) is 43.9 Å². The zero-order chi connectivity index (χ0) is 20.2. The molecule has 1 saturated heterocycles. The Labute approximate surface area is 169 Å². The third kappa shape index (κ3) is 4.16. The quantitative estimate of drug-likeness (QED) is 0.662. The molecule has 1 fully saturated rings. The van der Waals surface area contributed by atoms with Gasteiger partial charge in [-0.3, -0.25) is 4.79 Å². The Hall–Kier alpha value is -3.15. The van der Waals surface area contributed by atoms with Crippen LogP contribution in [-0.4, -0.2) is 45.9 Å². The molecule has 4 rings (SSSR count). The molecular formula is C23H25N3O3. The molecule has 1 amide bonds. The first-order chi connectivity index (χ1) is 14.2. The molecule has 1 unspecified atom stereocenters. The van der Waals surface area contributed by atoms with Crippen LogP contribution < -0.4 is 0 Å². The number of hydrogen-bond acceptors (Lipinski definition) is 4. The number of hydrogen-bond donors (Lipinski definition) is 1. The number of aromatic amines is 1. The van der Waals surface area contributed by atoms with E-state index in [0.29, 0.717) is 5.56 Å². The van der Waals surface area contributed by atoms with Crippen molar-refractivity contribution in [1.29, 1.82) is 0 Å². The van der Waals surface area contributed by atoms with Crippen LogP contribution in [0.5, 0.6) is 0 Å². The third-order valence-corrected chi connectivity index (χ3v) is 5.51. The highest BCUT2D eigenvalue weighted by Crippen LogP contribution is 2.22. The molecular weight excluding hydrogens is 366 g/mol. The van der Waals surface area contributed by atoms with E-state index in [4.69, 9.17) is 4.74 Å². The third-order valence-electron chi connectivity index (χ3n) is 5.51. The van der Waals surface area contributed by atoms with Crippen LogP contribution in [-0.2, 0) is 9.53 Å². The molecule has 0 radical (unpaired) electrons. The first-order valence-corrected chi connectivity index (χ1v) is 10.2. The van der Waals surface area contributed by atoms with Crippen LogP contribution in [0.15, 0.2) is 48.5 Å². The molecule has 1 atom stereocenters. The van der Waals surface area contributed by atoms with E-state index in [-0.39, 0.29) is 18.6 Å². The standard InChI is InChI=1S/C23H25N3O3/c1-2-18-10-6-7-13-26(18)21(27)15-29-23(28)17-11-12-19-20(14-17)25-22(24-19)16-8-4-3-5-9-16/h3-5,8-9,11-12,14,18H,2,6-7,10,13,15H2,1H3,(H,24,25). The molecule has 1 aliphatic heterocycles. The van der Waals surface area contributed by atoms with E-state index in [1.807, 2.05) is 35.2 Å². The highest BCUT2D eigenvalue weighted by molar-refractivity contribution is 5.95. The lowest BCUT2D eigenvalue weighted by Gasteiger charge is -2.35. The van der Waals surface area contributed by atoms with E-state index in [1.165, 1.54) is 0 Å². The first-order valence-electron chi connectivity index (χ1n) is 10.2. The summed E-state index contributed by atoms with van der Waals surface area (Å²) in [7, 11) is 0. The summed E-state index contributed by atoms with van der Waals surface area (Å²) in [4.78, 5) is 34.7. The second-order valence-electron chi connectivity index (χ2n) is 7.40. The van der Waals surface area contributed by atoms with Crippen molar-refractivity contribution >= 4 is 22.9 Å². The van der Waals surface area contributed by atoms with Crippen LogP contribution in [0.1, 0.15) is 43.0 Å². The number of carbonyl (C=O) groups excluding carboxylic acids is 2. The summed E-state index contributed by atoms with van der Waals surface area (Å²) < 4.78 is 5.31. The summed E-state index contributed by atoms with van der Waals surface area (Å²) >= 11 is 0. The Kier molecular flexibility index (Phi) is 5.60. The Bertz CT molecular complexity index is 1010. The largest absolute Gasteiger partial charge is 0.452 e. The van der Waals surface area contributed by atoms with Crippen molar-refractivity contribution in [2.75, 3.05) is 13.2 Å². The monoisotopic (exact) mass is 391 g/mol. The fourth-order valence-corrected chi connectivity index (χ4v) is 3.92. The summed E-state index contributed by atoms with van der Waals surface area (Å²) in [5.74, 6) is 0.136. The number of H-pyrrole nitrogens is 1. The topological polar surface area (TPSA) is 75.3 Å². The second kappa shape index (κ2) is 8.47. The Morgan fingerprint density at radius 3 is 2.79 bits per heavy atom. The molecule has 1 aliphatic rings. The normalized spacial score (nSPS) is 16.7. The number of esters is 1. The lowest BCUT2D eigenvalue weighted by Crippen LogP contribution is -2.45. The summed E-state index contributed by atoms with van der Waals surface area (Å²) in [5.41, 5.74) is 2.91.